The van der Waals surface area contributed by atoms with Gasteiger partial charge in [0.25, 0.3) is 5.91 Å². The molecule has 1 amide bonds. The topological polar surface area (TPSA) is 93.1 Å². The minimum Gasteiger partial charge on any atom is -0.373 e. The molecule has 2 aromatic rings. The van der Waals surface area contributed by atoms with E-state index < -0.39 is 0 Å². The molecule has 3 rings (SSSR count). The Balaban J connectivity index is 1.66. The van der Waals surface area contributed by atoms with Crippen LogP contribution in [0.5, 0.6) is 0 Å². The van der Waals surface area contributed by atoms with Crippen molar-refractivity contribution in [3.63, 3.8) is 0 Å². The normalized spacial score (nSPS) is 18.7. The molecule has 0 saturated carbocycles. The van der Waals surface area contributed by atoms with Gasteiger partial charge in [-0.2, -0.15) is 0 Å². The average Bonchev–Trinajstić information content (AvgIpc) is 3.00. The maximum Gasteiger partial charge on any atom is 0.255 e. The molecule has 110 valence electrons. The third-order valence-electron chi connectivity index (χ3n) is 3.32. The van der Waals surface area contributed by atoms with Gasteiger partial charge in [-0.3, -0.25) is 9.59 Å². The van der Waals surface area contributed by atoms with Gasteiger partial charge in [0.1, 0.15) is 0 Å². The highest BCUT2D eigenvalue weighted by molar-refractivity contribution is 5.93. The molecule has 0 spiro atoms. The third kappa shape index (κ3) is 3.16. The van der Waals surface area contributed by atoms with Gasteiger partial charge in [0.2, 0.25) is 5.56 Å². The van der Waals surface area contributed by atoms with Gasteiger partial charge in [-0.1, -0.05) is 5.21 Å². The molecule has 0 radical (unpaired) electrons. The summed E-state index contributed by atoms with van der Waals surface area (Å²) < 4.78 is 7.33. The molecule has 2 aromatic heterocycles. The molecule has 1 atom stereocenters. The fourth-order valence-corrected chi connectivity index (χ4v) is 2.28. The minimum atomic E-state index is -0.224. The molecule has 1 fully saturated rings. The van der Waals surface area contributed by atoms with Crippen LogP contribution in [0.4, 0.5) is 0 Å². The number of amides is 1. The Hall–Kier alpha value is -2.48. The Morgan fingerprint density at radius 1 is 1.48 bits per heavy atom. The first-order valence-corrected chi connectivity index (χ1v) is 6.66. The molecule has 3 heterocycles. The number of carbonyl (C=O) groups is 1. The van der Waals surface area contributed by atoms with Crippen LogP contribution < -0.4 is 5.56 Å². The van der Waals surface area contributed by atoms with E-state index in [4.69, 9.17) is 4.74 Å². The number of hydrogen-bond acceptors (Lipinski definition) is 5. The number of morpholine rings is 1. The number of aromatic amines is 1. The number of H-pyrrole nitrogens is 1. The number of pyridine rings is 1. The van der Waals surface area contributed by atoms with Crippen molar-refractivity contribution in [3.05, 3.63) is 46.6 Å². The van der Waals surface area contributed by atoms with Crippen LogP contribution in [0, 0.1) is 0 Å². The van der Waals surface area contributed by atoms with Crippen molar-refractivity contribution in [2.75, 3.05) is 19.7 Å². The summed E-state index contributed by atoms with van der Waals surface area (Å²) in [5.41, 5.74) is 0.244. The number of carbonyl (C=O) groups excluding carboxylic acids is 1. The van der Waals surface area contributed by atoms with Crippen LogP contribution in [0.1, 0.15) is 10.4 Å². The van der Waals surface area contributed by atoms with Crippen LogP contribution in [0.15, 0.2) is 35.5 Å². The van der Waals surface area contributed by atoms with Crippen molar-refractivity contribution in [1.29, 1.82) is 0 Å². The van der Waals surface area contributed by atoms with Gasteiger partial charge < -0.3 is 14.6 Å². The maximum atomic E-state index is 12.4. The van der Waals surface area contributed by atoms with Gasteiger partial charge in [-0.15, -0.1) is 5.10 Å². The SMILES string of the molecule is O=C(c1ccc(=O)[nH]c1)N1CCOC(Cn2ccnn2)C1. The van der Waals surface area contributed by atoms with E-state index in [1.165, 1.54) is 18.3 Å². The standard InChI is InChI=1S/C13H15N5O3/c19-12-2-1-10(7-14-12)13(20)17-5-6-21-11(8-17)9-18-4-3-15-16-18/h1-4,7,11H,5-6,8-9H2,(H,14,19). The number of hydrogen-bond donors (Lipinski definition) is 1. The molecular weight excluding hydrogens is 274 g/mol. The smallest absolute Gasteiger partial charge is 0.255 e. The highest BCUT2D eigenvalue weighted by Crippen LogP contribution is 2.10. The molecule has 0 aromatic carbocycles. The fraction of sp³-hybridized carbons (Fsp3) is 0.385. The van der Waals surface area contributed by atoms with Crippen molar-refractivity contribution in [2.24, 2.45) is 0 Å². The number of nitrogens with zero attached hydrogens (tertiary/aromatic N) is 4. The second-order valence-corrected chi connectivity index (χ2v) is 4.81. The largest absolute Gasteiger partial charge is 0.373 e. The van der Waals surface area contributed by atoms with E-state index in [9.17, 15) is 9.59 Å². The molecule has 1 saturated heterocycles. The summed E-state index contributed by atoms with van der Waals surface area (Å²) in [5.74, 6) is -0.113. The molecule has 1 aliphatic rings. The van der Waals surface area contributed by atoms with Crippen molar-refractivity contribution >= 4 is 5.91 Å². The van der Waals surface area contributed by atoms with E-state index in [0.29, 0.717) is 31.8 Å². The molecule has 0 bridgehead atoms. The first-order valence-electron chi connectivity index (χ1n) is 6.66. The molecule has 1 aliphatic heterocycles. The monoisotopic (exact) mass is 289 g/mol. The molecule has 1 unspecified atom stereocenters. The van der Waals surface area contributed by atoms with E-state index in [1.807, 2.05) is 0 Å². The summed E-state index contributed by atoms with van der Waals surface area (Å²) in [6, 6.07) is 2.88. The van der Waals surface area contributed by atoms with Crippen LogP contribution in [-0.4, -0.2) is 56.6 Å². The van der Waals surface area contributed by atoms with Gasteiger partial charge in [-0.25, -0.2) is 4.68 Å². The number of aromatic nitrogens is 4. The number of ether oxygens (including phenoxy) is 1. The fourth-order valence-electron chi connectivity index (χ4n) is 2.28. The Kier molecular flexibility index (Phi) is 3.78. The lowest BCUT2D eigenvalue weighted by atomic mass is 10.2. The molecule has 21 heavy (non-hydrogen) atoms. The van der Waals surface area contributed by atoms with Crippen LogP contribution in [0.25, 0.3) is 0 Å². The van der Waals surface area contributed by atoms with Crippen LogP contribution in [0.2, 0.25) is 0 Å². The average molecular weight is 289 g/mol. The highest BCUT2D eigenvalue weighted by Gasteiger charge is 2.25. The second kappa shape index (κ2) is 5.88. The quantitative estimate of drug-likeness (QED) is 0.823. The summed E-state index contributed by atoms with van der Waals surface area (Å²) >= 11 is 0. The van der Waals surface area contributed by atoms with E-state index in [1.54, 1.807) is 22.0 Å². The summed E-state index contributed by atoms with van der Waals surface area (Å²) in [4.78, 5) is 27.6. The van der Waals surface area contributed by atoms with Gasteiger partial charge >= 0.3 is 0 Å². The lowest BCUT2D eigenvalue weighted by Crippen LogP contribution is -2.47. The zero-order chi connectivity index (χ0) is 14.7. The lowest BCUT2D eigenvalue weighted by Gasteiger charge is -2.32. The zero-order valence-electron chi connectivity index (χ0n) is 11.3. The summed E-state index contributed by atoms with van der Waals surface area (Å²) in [6.07, 6.45) is 4.68. The minimum absolute atomic E-state index is 0.113. The molecule has 8 heteroatoms. The van der Waals surface area contributed by atoms with Crippen molar-refractivity contribution in [3.8, 4) is 0 Å². The molecule has 0 aliphatic carbocycles. The third-order valence-corrected chi connectivity index (χ3v) is 3.32. The lowest BCUT2D eigenvalue weighted by molar-refractivity contribution is -0.0302. The Morgan fingerprint density at radius 3 is 3.10 bits per heavy atom. The van der Waals surface area contributed by atoms with E-state index in [2.05, 4.69) is 15.3 Å². The van der Waals surface area contributed by atoms with Crippen molar-refractivity contribution < 1.29 is 9.53 Å². The van der Waals surface area contributed by atoms with Crippen molar-refractivity contribution in [1.82, 2.24) is 24.9 Å². The summed E-state index contributed by atoms with van der Waals surface area (Å²) in [7, 11) is 0. The molecule has 8 nitrogen and oxygen atoms in total. The summed E-state index contributed by atoms with van der Waals surface area (Å²) in [6.45, 7) is 2.05. The second-order valence-electron chi connectivity index (χ2n) is 4.81. The van der Waals surface area contributed by atoms with Crippen LogP contribution >= 0.6 is 0 Å². The summed E-state index contributed by atoms with van der Waals surface area (Å²) in [5, 5.41) is 7.63. The Morgan fingerprint density at radius 2 is 2.38 bits per heavy atom. The van der Waals surface area contributed by atoms with Gasteiger partial charge in [0, 0.05) is 31.5 Å². The Bertz CT molecular complexity index is 646. The van der Waals surface area contributed by atoms with E-state index in [-0.39, 0.29) is 17.6 Å². The molecule has 1 N–H and O–H groups in total. The maximum absolute atomic E-state index is 12.4. The molecular formula is C13H15N5O3. The number of nitrogens with one attached hydrogen (secondary N) is 1. The number of rotatable bonds is 3. The van der Waals surface area contributed by atoms with Gasteiger partial charge in [0.15, 0.2) is 0 Å². The van der Waals surface area contributed by atoms with E-state index >= 15 is 0 Å². The Labute approximate surface area is 120 Å². The van der Waals surface area contributed by atoms with Crippen molar-refractivity contribution in [2.45, 2.75) is 12.6 Å². The van der Waals surface area contributed by atoms with E-state index in [0.717, 1.165) is 0 Å². The van der Waals surface area contributed by atoms with Gasteiger partial charge in [-0.05, 0) is 6.07 Å². The first kappa shape index (κ1) is 13.5. The predicted molar refractivity (Wildman–Crippen MR) is 72.7 cm³/mol. The van der Waals surface area contributed by atoms with Crippen LogP contribution in [0.3, 0.4) is 0 Å². The zero-order valence-corrected chi connectivity index (χ0v) is 11.3. The first-order chi connectivity index (χ1) is 10.2. The highest BCUT2D eigenvalue weighted by atomic mass is 16.5. The van der Waals surface area contributed by atoms with Gasteiger partial charge in [0.05, 0.1) is 31.0 Å². The van der Waals surface area contributed by atoms with Crippen LogP contribution in [-0.2, 0) is 11.3 Å². The predicted octanol–water partition coefficient (Wildman–Crippen LogP) is -0.492.